The van der Waals surface area contributed by atoms with E-state index in [2.05, 4.69) is 19.9 Å². The van der Waals surface area contributed by atoms with Gasteiger partial charge >= 0.3 is 0 Å². The van der Waals surface area contributed by atoms with Crippen LogP contribution in [0.15, 0.2) is 55.4 Å². The fraction of sp³-hybridized carbons (Fsp3) is 0. The molecule has 0 aliphatic carbocycles. The summed E-state index contributed by atoms with van der Waals surface area (Å²) in [6.45, 7) is 0. The van der Waals surface area contributed by atoms with Crippen molar-refractivity contribution in [3.63, 3.8) is 0 Å². The maximum Gasteiger partial charge on any atom is 0.222 e. The summed E-state index contributed by atoms with van der Waals surface area (Å²) in [7, 11) is 0. The molecular weight excluding hydrogens is 272 g/mol. The van der Waals surface area contributed by atoms with Gasteiger partial charge in [-0.1, -0.05) is 6.07 Å². The molecule has 7 heteroatoms. The molecule has 0 aliphatic rings. The summed E-state index contributed by atoms with van der Waals surface area (Å²) in [5.74, 6) is 1.02. The van der Waals surface area contributed by atoms with Gasteiger partial charge in [-0.05, 0) is 12.1 Å². The number of hydrogen-bond donors (Lipinski definition) is 1. The van der Waals surface area contributed by atoms with Crippen LogP contribution in [0.3, 0.4) is 0 Å². The number of hydrogen-bond acceptors (Lipinski definition) is 7. The van der Waals surface area contributed by atoms with Crippen molar-refractivity contribution in [2.45, 2.75) is 0 Å². The molecule has 2 heterocycles. The molecule has 0 spiro atoms. The fourth-order valence-corrected chi connectivity index (χ4v) is 1.58. The molecule has 3 rings (SSSR count). The van der Waals surface area contributed by atoms with E-state index in [9.17, 15) is 5.11 Å². The van der Waals surface area contributed by atoms with Crippen molar-refractivity contribution in [1.82, 2.24) is 19.9 Å². The third kappa shape index (κ3) is 3.03. The third-order valence-corrected chi connectivity index (χ3v) is 2.49. The minimum Gasteiger partial charge on any atom is -0.504 e. The Balaban J connectivity index is 1.92. The van der Waals surface area contributed by atoms with Crippen molar-refractivity contribution in [1.29, 1.82) is 0 Å². The Bertz CT molecular complexity index is 723. The highest BCUT2D eigenvalue weighted by Gasteiger charge is 2.13. The quantitative estimate of drug-likeness (QED) is 0.786. The molecule has 0 saturated heterocycles. The van der Waals surface area contributed by atoms with E-state index in [-0.39, 0.29) is 11.5 Å². The van der Waals surface area contributed by atoms with Crippen LogP contribution in [-0.4, -0.2) is 25.0 Å². The number of nitrogens with zero attached hydrogens (tertiary/aromatic N) is 4. The molecule has 21 heavy (non-hydrogen) atoms. The van der Waals surface area contributed by atoms with Crippen molar-refractivity contribution in [2.24, 2.45) is 0 Å². The van der Waals surface area contributed by atoms with E-state index in [1.807, 2.05) is 0 Å². The Morgan fingerprint density at radius 1 is 0.810 bits per heavy atom. The molecule has 7 nitrogen and oxygen atoms in total. The van der Waals surface area contributed by atoms with E-state index in [0.29, 0.717) is 17.5 Å². The number of benzene rings is 1. The van der Waals surface area contributed by atoms with Crippen molar-refractivity contribution >= 4 is 0 Å². The third-order valence-electron chi connectivity index (χ3n) is 2.49. The van der Waals surface area contributed by atoms with E-state index < -0.39 is 0 Å². The SMILES string of the molecule is Oc1cccc(Oc2ccncn2)c1Oc1ccncn1. The van der Waals surface area contributed by atoms with Crippen LogP contribution in [0.1, 0.15) is 0 Å². The highest BCUT2D eigenvalue weighted by atomic mass is 16.5. The summed E-state index contributed by atoms with van der Waals surface area (Å²) in [5.41, 5.74) is 0. The number of phenolic OH excluding ortho intramolecular Hbond substituents is 1. The van der Waals surface area contributed by atoms with Gasteiger partial charge in [0.05, 0.1) is 0 Å². The second kappa shape index (κ2) is 5.83. The lowest BCUT2D eigenvalue weighted by molar-refractivity contribution is 0.369. The van der Waals surface area contributed by atoms with Gasteiger partial charge in [0.1, 0.15) is 12.7 Å². The Morgan fingerprint density at radius 2 is 1.48 bits per heavy atom. The van der Waals surface area contributed by atoms with Crippen molar-refractivity contribution in [2.75, 3.05) is 0 Å². The van der Waals surface area contributed by atoms with Gasteiger partial charge in [-0.25, -0.2) is 19.9 Å². The van der Waals surface area contributed by atoms with E-state index in [1.54, 1.807) is 30.5 Å². The Morgan fingerprint density at radius 3 is 2.10 bits per heavy atom. The van der Waals surface area contributed by atoms with Crippen LogP contribution in [0, 0.1) is 0 Å². The summed E-state index contributed by atoms with van der Waals surface area (Å²) < 4.78 is 11.1. The molecule has 0 aliphatic heterocycles. The van der Waals surface area contributed by atoms with Crippen LogP contribution >= 0.6 is 0 Å². The average Bonchev–Trinajstić information content (AvgIpc) is 2.53. The summed E-state index contributed by atoms with van der Waals surface area (Å²) in [6.07, 6.45) is 5.80. The lowest BCUT2D eigenvalue weighted by atomic mass is 10.3. The van der Waals surface area contributed by atoms with Gasteiger partial charge in [-0.3, -0.25) is 0 Å². The normalized spacial score (nSPS) is 10.1. The standard InChI is InChI=1S/C14H10N4O3/c19-10-2-1-3-11(20-12-4-6-15-8-17-12)14(10)21-13-5-7-16-9-18-13/h1-9,19H. The second-order valence-electron chi connectivity index (χ2n) is 3.90. The molecule has 3 aromatic rings. The number of para-hydroxylation sites is 1. The first-order valence-corrected chi connectivity index (χ1v) is 6.02. The van der Waals surface area contributed by atoms with Crippen LogP contribution in [0.4, 0.5) is 0 Å². The van der Waals surface area contributed by atoms with Crippen molar-refractivity contribution in [3.05, 3.63) is 55.4 Å². The van der Waals surface area contributed by atoms with Crippen LogP contribution in [0.2, 0.25) is 0 Å². The molecule has 2 aromatic heterocycles. The Labute approximate surface area is 119 Å². The van der Waals surface area contributed by atoms with Crippen molar-refractivity contribution in [3.8, 4) is 29.0 Å². The number of aromatic hydroxyl groups is 1. The van der Waals surface area contributed by atoms with Crippen molar-refractivity contribution < 1.29 is 14.6 Å². The first-order chi connectivity index (χ1) is 10.3. The molecule has 1 aromatic carbocycles. The largest absolute Gasteiger partial charge is 0.504 e. The van der Waals surface area contributed by atoms with Gasteiger partial charge in [-0.2, -0.15) is 0 Å². The molecule has 0 radical (unpaired) electrons. The molecule has 0 unspecified atom stereocenters. The van der Waals surface area contributed by atoms with Gasteiger partial charge in [-0.15, -0.1) is 0 Å². The van der Waals surface area contributed by atoms with E-state index >= 15 is 0 Å². The Kier molecular flexibility index (Phi) is 3.55. The maximum atomic E-state index is 9.95. The first-order valence-electron chi connectivity index (χ1n) is 6.02. The maximum absolute atomic E-state index is 9.95. The monoisotopic (exact) mass is 282 g/mol. The Hall–Kier alpha value is -3.22. The number of aromatic nitrogens is 4. The van der Waals surface area contributed by atoms with Crippen LogP contribution < -0.4 is 9.47 Å². The zero-order chi connectivity index (χ0) is 14.5. The van der Waals surface area contributed by atoms with Crippen LogP contribution in [-0.2, 0) is 0 Å². The smallest absolute Gasteiger partial charge is 0.222 e. The minimum atomic E-state index is -0.0693. The zero-order valence-corrected chi connectivity index (χ0v) is 10.7. The fourth-order valence-electron chi connectivity index (χ4n) is 1.58. The predicted octanol–water partition coefficient (Wildman–Crippen LogP) is 2.56. The number of phenols is 1. The van der Waals surface area contributed by atoms with Gasteiger partial charge in [0, 0.05) is 24.5 Å². The first kappa shape index (κ1) is 12.8. The highest BCUT2D eigenvalue weighted by Crippen LogP contribution is 2.40. The van der Waals surface area contributed by atoms with E-state index in [0.717, 1.165) is 0 Å². The molecule has 0 atom stereocenters. The van der Waals surface area contributed by atoms with E-state index in [1.165, 1.54) is 24.9 Å². The zero-order valence-electron chi connectivity index (χ0n) is 10.7. The van der Waals surface area contributed by atoms with E-state index in [4.69, 9.17) is 9.47 Å². The predicted molar refractivity (Wildman–Crippen MR) is 72.3 cm³/mol. The minimum absolute atomic E-state index is 0.0693. The summed E-state index contributed by atoms with van der Waals surface area (Å²) in [5, 5.41) is 9.95. The molecule has 1 N–H and O–H groups in total. The second-order valence-corrected chi connectivity index (χ2v) is 3.90. The molecule has 0 fully saturated rings. The lowest BCUT2D eigenvalue weighted by Crippen LogP contribution is -1.94. The molecule has 0 saturated carbocycles. The number of ether oxygens (including phenoxy) is 2. The summed E-state index contributed by atoms with van der Waals surface area (Å²) in [6, 6.07) is 7.94. The van der Waals surface area contributed by atoms with Gasteiger partial charge < -0.3 is 14.6 Å². The van der Waals surface area contributed by atoms with Gasteiger partial charge in [0.25, 0.3) is 0 Å². The topological polar surface area (TPSA) is 90.2 Å². The lowest BCUT2D eigenvalue weighted by Gasteiger charge is -2.11. The van der Waals surface area contributed by atoms with Gasteiger partial charge in [0.15, 0.2) is 11.5 Å². The van der Waals surface area contributed by atoms with Crippen LogP contribution in [0.5, 0.6) is 29.0 Å². The average molecular weight is 282 g/mol. The molecule has 104 valence electrons. The van der Waals surface area contributed by atoms with Gasteiger partial charge in [0.2, 0.25) is 17.5 Å². The summed E-state index contributed by atoms with van der Waals surface area (Å²) >= 11 is 0. The highest BCUT2D eigenvalue weighted by molar-refractivity contribution is 5.52. The number of rotatable bonds is 4. The summed E-state index contributed by atoms with van der Waals surface area (Å²) in [4.78, 5) is 15.5. The van der Waals surface area contributed by atoms with Crippen LogP contribution in [0.25, 0.3) is 0 Å². The molecular formula is C14H10N4O3. The molecule has 0 amide bonds. The molecule has 0 bridgehead atoms.